The lowest BCUT2D eigenvalue weighted by Gasteiger charge is -2.17. The molecule has 3 N–H and O–H groups in total. The number of hydrogen-bond acceptors (Lipinski definition) is 4. The molecule has 0 spiro atoms. The summed E-state index contributed by atoms with van der Waals surface area (Å²) >= 11 is 0. The molecule has 0 saturated carbocycles. The van der Waals surface area contributed by atoms with Crippen LogP contribution in [0.1, 0.15) is 20.3 Å². The van der Waals surface area contributed by atoms with Crippen molar-refractivity contribution in [1.82, 2.24) is 14.5 Å². The van der Waals surface area contributed by atoms with Gasteiger partial charge in [0.25, 0.3) is 0 Å². The van der Waals surface area contributed by atoms with E-state index in [0.717, 1.165) is 5.82 Å². The summed E-state index contributed by atoms with van der Waals surface area (Å²) < 4.78 is 1.79. The molecule has 2 aromatic heterocycles. The molecule has 0 aliphatic rings. The summed E-state index contributed by atoms with van der Waals surface area (Å²) in [7, 11) is 0. The molecule has 6 heteroatoms. The van der Waals surface area contributed by atoms with Crippen molar-refractivity contribution in [2.75, 3.05) is 5.32 Å². The van der Waals surface area contributed by atoms with Crippen LogP contribution in [0.2, 0.25) is 0 Å². The summed E-state index contributed by atoms with van der Waals surface area (Å²) in [5.74, 6) is 0.624. The molecule has 0 aromatic carbocycles. The van der Waals surface area contributed by atoms with Crippen molar-refractivity contribution >= 4 is 11.6 Å². The van der Waals surface area contributed by atoms with Crippen molar-refractivity contribution in [2.24, 2.45) is 5.73 Å². The third-order valence-corrected chi connectivity index (χ3v) is 2.42. The van der Waals surface area contributed by atoms with E-state index >= 15 is 0 Å². The Labute approximate surface area is 111 Å². The number of anilines is 1. The summed E-state index contributed by atoms with van der Waals surface area (Å²) in [4.78, 5) is 19.9. The van der Waals surface area contributed by atoms with Crippen LogP contribution in [0.5, 0.6) is 0 Å². The second-order valence-corrected chi connectivity index (χ2v) is 5.09. The third kappa shape index (κ3) is 3.89. The summed E-state index contributed by atoms with van der Waals surface area (Å²) in [6.45, 7) is 3.62. The van der Waals surface area contributed by atoms with Gasteiger partial charge in [-0.15, -0.1) is 0 Å². The van der Waals surface area contributed by atoms with Gasteiger partial charge in [0.15, 0.2) is 0 Å². The Morgan fingerprint density at radius 1 is 1.47 bits per heavy atom. The molecule has 6 nitrogen and oxygen atoms in total. The van der Waals surface area contributed by atoms with Gasteiger partial charge in [0.05, 0.1) is 11.9 Å². The minimum absolute atomic E-state index is 0.121. The van der Waals surface area contributed by atoms with E-state index in [-0.39, 0.29) is 12.3 Å². The van der Waals surface area contributed by atoms with E-state index in [9.17, 15) is 4.79 Å². The predicted molar refractivity (Wildman–Crippen MR) is 72.9 cm³/mol. The molecule has 2 aromatic rings. The lowest BCUT2D eigenvalue weighted by atomic mass is 10.0. The second kappa shape index (κ2) is 5.19. The van der Waals surface area contributed by atoms with E-state index in [0.29, 0.717) is 5.69 Å². The molecular weight excluding hydrogens is 242 g/mol. The van der Waals surface area contributed by atoms with Gasteiger partial charge >= 0.3 is 0 Å². The first kappa shape index (κ1) is 13.2. The molecule has 0 radical (unpaired) electrons. The molecule has 0 fully saturated rings. The van der Waals surface area contributed by atoms with Crippen LogP contribution >= 0.6 is 0 Å². The van der Waals surface area contributed by atoms with Crippen molar-refractivity contribution < 1.29 is 4.79 Å². The third-order valence-electron chi connectivity index (χ3n) is 2.42. The van der Waals surface area contributed by atoms with Crippen molar-refractivity contribution in [1.29, 1.82) is 0 Å². The van der Waals surface area contributed by atoms with Crippen LogP contribution in [0.4, 0.5) is 5.69 Å². The number of nitrogens with zero attached hydrogens (tertiary/aromatic N) is 3. The molecule has 0 aliphatic carbocycles. The van der Waals surface area contributed by atoms with E-state index in [1.807, 2.05) is 19.9 Å². The monoisotopic (exact) mass is 259 g/mol. The van der Waals surface area contributed by atoms with Crippen LogP contribution < -0.4 is 11.1 Å². The molecule has 2 rings (SSSR count). The SMILES string of the molecule is CC(C)(N)CC(=O)Nc1ccc(-n2ccnc2)nc1. The Morgan fingerprint density at radius 3 is 2.79 bits per heavy atom. The highest BCUT2D eigenvalue weighted by atomic mass is 16.1. The molecule has 2 heterocycles. The summed E-state index contributed by atoms with van der Waals surface area (Å²) in [5, 5.41) is 2.76. The number of carbonyl (C=O) groups is 1. The first-order valence-electron chi connectivity index (χ1n) is 5.97. The molecule has 0 atom stereocenters. The number of pyridine rings is 1. The normalized spacial score (nSPS) is 11.3. The predicted octanol–water partition coefficient (Wildman–Crippen LogP) is 1.33. The molecule has 100 valence electrons. The van der Waals surface area contributed by atoms with Gasteiger partial charge in [-0.05, 0) is 26.0 Å². The van der Waals surface area contributed by atoms with Crippen molar-refractivity contribution in [3.05, 3.63) is 37.1 Å². The van der Waals surface area contributed by atoms with Crippen molar-refractivity contribution in [3.63, 3.8) is 0 Å². The van der Waals surface area contributed by atoms with E-state index in [2.05, 4.69) is 15.3 Å². The van der Waals surface area contributed by atoms with E-state index in [4.69, 9.17) is 5.73 Å². The Hall–Kier alpha value is -2.21. The minimum Gasteiger partial charge on any atom is -0.325 e. The quantitative estimate of drug-likeness (QED) is 0.867. The number of aromatic nitrogens is 3. The number of nitrogens with one attached hydrogen (secondary N) is 1. The maximum atomic E-state index is 11.7. The average molecular weight is 259 g/mol. The van der Waals surface area contributed by atoms with Crippen LogP contribution in [0.25, 0.3) is 5.82 Å². The summed E-state index contributed by atoms with van der Waals surface area (Å²) in [5.41, 5.74) is 5.92. The first-order valence-corrected chi connectivity index (χ1v) is 5.97. The maximum absolute atomic E-state index is 11.7. The number of carbonyl (C=O) groups excluding carboxylic acids is 1. The van der Waals surface area contributed by atoms with Gasteiger partial charge < -0.3 is 11.1 Å². The first-order chi connectivity index (χ1) is 8.94. The van der Waals surface area contributed by atoms with Gasteiger partial charge in [0.1, 0.15) is 12.1 Å². The number of amides is 1. The average Bonchev–Trinajstić information content (AvgIpc) is 2.80. The van der Waals surface area contributed by atoms with Gasteiger partial charge in [-0.25, -0.2) is 9.97 Å². The number of imidazole rings is 1. The molecule has 19 heavy (non-hydrogen) atoms. The molecule has 0 unspecified atom stereocenters. The largest absolute Gasteiger partial charge is 0.325 e. The lowest BCUT2D eigenvalue weighted by Crippen LogP contribution is -2.36. The van der Waals surface area contributed by atoms with Gasteiger partial charge in [-0.1, -0.05) is 0 Å². The van der Waals surface area contributed by atoms with Gasteiger partial charge in [0.2, 0.25) is 5.91 Å². The minimum atomic E-state index is -0.520. The van der Waals surface area contributed by atoms with Crippen LogP contribution in [-0.4, -0.2) is 26.0 Å². The molecule has 1 amide bonds. The standard InChI is InChI=1S/C13H17N5O/c1-13(2,14)7-12(19)17-10-3-4-11(16-8-10)18-6-5-15-9-18/h3-6,8-9H,7,14H2,1-2H3,(H,17,19). The van der Waals surface area contributed by atoms with Crippen molar-refractivity contribution in [2.45, 2.75) is 25.8 Å². The van der Waals surface area contributed by atoms with E-state index in [1.54, 1.807) is 35.6 Å². The Morgan fingerprint density at radius 2 is 2.26 bits per heavy atom. The highest BCUT2D eigenvalue weighted by Gasteiger charge is 2.16. The Bertz CT molecular complexity index is 539. The molecule has 0 bridgehead atoms. The number of hydrogen-bond donors (Lipinski definition) is 2. The number of nitrogens with two attached hydrogens (primary N) is 1. The van der Waals surface area contributed by atoms with E-state index < -0.39 is 5.54 Å². The van der Waals surface area contributed by atoms with Crippen LogP contribution in [0.15, 0.2) is 37.1 Å². The maximum Gasteiger partial charge on any atom is 0.226 e. The van der Waals surface area contributed by atoms with Crippen LogP contribution in [0, 0.1) is 0 Å². The number of rotatable bonds is 4. The fraction of sp³-hybridized carbons (Fsp3) is 0.308. The van der Waals surface area contributed by atoms with Gasteiger partial charge in [0, 0.05) is 24.4 Å². The van der Waals surface area contributed by atoms with Crippen LogP contribution in [0.3, 0.4) is 0 Å². The zero-order valence-corrected chi connectivity index (χ0v) is 11.0. The Balaban J connectivity index is 2.01. The molecule has 0 aliphatic heterocycles. The van der Waals surface area contributed by atoms with Crippen molar-refractivity contribution in [3.8, 4) is 5.82 Å². The zero-order chi connectivity index (χ0) is 13.9. The highest BCUT2D eigenvalue weighted by molar-refractivity contribution is 5.91. The van der Waals surface area contributed by atoms with Crippen LogP contribution in [-0.2, 0) is 4.79 Å². The lowest BCUT2D eigenvalue weighted by molar-refractivity contribution is -0.117. The Kier molecular flexibility index (Phi) is 3.62. The molecule has 0 saturated heterocycles. The highest BCUT2D eigenvalue weighted by Crippen LogP contribution is 2.11. The van der Waals surface area contributed by atoms with E-state index in [1.165, 1.54) is 0 Å². The fourth-order valence-electron chi connectivity index (χ4n) is 1.63. The smallest absolute Gasteiger partial charge is 0.226 e. The topological polar surface area (TPSA) is 85.8 Å². The summed E-state index contributed by atoms with van der Waals surface area (Å²) in [6.07, 6.45) is 7.02. The zero-order valence-electron chi connectivity index (χ0n) is 11.0. The molecular formula is C13H17N5O. The fourth-order valence-corrected chi connectivity index (χ4v) is 1.63. The van der Waals surface area contributed by atoms with Gasteiger partial charge in [-0.3, -0.25) is 9.36 Å². The second-order valence-electron chi connectivity index (χ2n) is 5.09. The summed E-state index contributed by atoms with van der Waals surface area (Å²) in [6, 6.07) is 3.61. The van der Waals surface area contributed by atoms with Gasteiger partial charge in [-0.2, -0.15) is 0 Å².